The molecule has 0 radical (unpaired) electrons. The first kappa shape index (κ1) is 26.5. The van der Waals surface area contributed by atoms with Gasteiger partial charge >= 0.3 is 0 Å². The Morgan fingerprint density at radius 1 is 1.09 bits per heavy atom. The Morgan fingerprint density at radius 3 is 2.22 bits per heavy atom. The average molecular weight is 499 g/mol. The molecule has 0 fully saturated rings. The maximum atomic E-state index is 13.3. The zero-order valence-electron chi connectivity index (χ0n) is 18.8. The lowest BCUT2D eigenvalue weighted by atomic mass is 10.1. The first-order chi connectivity index (χ1) is 15.0. The number of halogens is 3. The van der Waals surface area contributed by atoms with Gasteiger partial charge in [-0.2, -0.15) is 0 Å². The van der Waals surface area contributed by atoms with E-state index < -0.39 is 11.6 Å². The second kappa shape index (κ2) is 11.9. The van der Waals surface area contributed by atoms with E-state index in [0.717, 1.165) is 11.1 Å². The van der Waals surface area contributed by atoms with Gasteiger partial charge < -0.3 is 10.2 Å². The lowest BCUT2D eigenvalue weighted by Crippen LogP contribution is -2.53. The van der Waals surface area contributed by atoms with Gasteiger partial charge in [-0.1, -0.05) is 48.3 Å². The Balaban J connectivity index is 2.18. The highest BCUT2D eigenvalue weighted by Gasteiger charge is 2.30. The molecule has 2 rings (SSSR count). The molecule has 2 amide bonds. The van der Waals surface area contributed by atoms with E-state index in [1.165, 1.54) is 23.9 Å². The Kier molecular flexibility index (Phi) is 9.86. The van der Waals surface area contributed by atoms with Crippen molar-refractivity contribution in [2.75, 3.05) is 5.75 Å². The quantitative estimate of drug-likeness (QED) is 0.455. The normalized spacial score (nSPS) is 12.3. The summed E-state index contributed by atoms with van der Waals surface area (Å²) >= 11 is 13.8. The van der Waals surface area contributed by atoms with E-state index in [9.17, 15) is 14.0 Å². The summed E-state index contributed by atoms with van der Waals surface area (Å²) in [5, 5.41) is 4.07. The van der Waals surface area contributed by atoms with Crippen LogP contribution in [0.15, 0.2) is 42.5 Å². The highest BCUT2D eigenvalue weighted by atomic mass is 35.5. The number of nitrogens with zero attached hydrogens (tertiary/aromatic N) is 1. The summed E-state index contributed by atoms with van der Waals surface area (Å²) < 4.78 is 13.3. The van der Waals surface area contributed by atoms with Crippen molar-refractivity contribution in [3.05, 3.63) is 69.5 Å². The summed E-state index contributed by atoms with van der Waals surface area (Å²) in [4.78, 5) is 27.8. The van der Waals surface area contributed by atoms with E-state index in [2.05, 4.69) is 5.32 Å². The molecule has 0 saturated heterocycles. The summed E-state index contributed by atoms with van der Waals surface area (Å²) in [6.45, 7) is 7.77. The van der Waals surface area contributed by atoms with Crippen LogP contribution in [0.5, 0.6) is 0 Å². The van der Waals surface area contributed by atoms with E-state index in [1.807, 2.05) is 27.7 Å². The van der Waals surface area contributed by atoms with Gasteiger partial charge in [-0.3, -0.25) is 9.59 Å². The summed E-state index contributed by atoms with van der Waals surface area (Å²) in [5.41, 5.74) is 1.10. The van der Waals surface area contributed by atoms with Gasteiger partial charge in [0.05, 0.1) is 5.75 Å². The molecular formula is C24H29Cl2FN2O2S. The molecule has 1 N–H and O–H groups in total. The number of rotatable bonds is 9. The third kappa shape index (κ3) is 7.98. The minimum Gasteiger partial charge on any atom is -0.350 e. The predicted molar refractivity (Wildman–Crippen MR) is 132 cm³/mol. The van der Waals surface area contributed by atoms with Crippen LogP contribution in [-0.4, -0.2) is 34.0 Å². The van der Waals surface area contributed by atoms with Crippen LogP contribution in [0.4, 0.5) is 4.39 Å². The zero-order chi connectivity index (χ0) is 23.9. The van der Waals surface area contributed by atoms with Crippen LogP contribution < -0.4 is 5.32 Å². The van der Waals surface area contributed by atoms with Crippen LogP contribution >= 0.6 is 35.0 Å². The monoisotopic (exact) mass is 498 g/mol. The Bertz CT molecular complexity index is 912. The van der Waals surface area contributed by atoms with Gasteiger partial charge in [0.15, 0.2) is 0 Å². The number of carbonyl (C=O) groups is 2. The smallest absolute Gasteiger partial charge is 0.243 e. The maximum Gasteiger partial charge on any atom is 0.243 e. The van der Waals surface area contributed by atoms with Crippen molar-refractivity contribution >= 4 is 46.8 Å². The van der Waals surface area contributed by atoms with Crippen molar-refractivity contribution in [2.45, 2.75) is 58.0 Å². The van der Waals surface area contributed by atoms with Gasteiger partial charge in [-0.25, -0.2) is 4.39 Å². The lowest BCUT2D eigenvalue weighted by molar-refractivity contribution is -0.140. The van der Waals surface area contributed by atoms with E-state index in [4.69, 9.17) is 23.2 Å². The van der Waals surface area contributed by atoms with Crippen LogP contribution in [0, 0.1) is 5.82 Å². The highest BCUT2D eigenvalue weighted by Crippen LogP contribution is 2.28. The van der Waals surface area contributed by atoms with E-state index in [1.54, 1.807) is 35.2 Å². The molecule has 0 bridgehead atoms. The van der Waals surface area contributed by atoms with Crippen molar-refractivity contribution < 1.29 is 14.0 Å². The molecule has 0 saturated carbocycles. The van der Waals surface area contributed by atoms with Crippen molar-refractivity contribution in [3.8, 4) is 0 Å². The average Bonchev–Trinajstić information content (AvgIpc) is 2.70. The Labute approximate surface area is 203 Å². The molecule has 2 aromatic rings. The van der Waals surface area contributed by atoms with Gasteiger partial charge in [-0.15, -0.1) is 11.8 Å². The van der Waals surface area contributed by atoms with E-state index >= 15 is 0 Å². The Hall–Kier alpha value is -1.76. The minimum atomic E-state index is -0.642. The van der Waals surface area contributed by atoms with Crippen LogP contribution in [0.25, 0.3) is 0 Å². The third-order valence-corrected chi connectivity index (χ3v) is 6.34. The van der Waals surface area contributed by atoms with Gasteiger partial charge in [0, 0.05) is 27.9 Å². The molecule has 0 aliphatic carbocycles. The van der Waals surface area contributed by atoms with Crippen LogP contribution in [0.2, 0.25) is 10.0 Å². The molecule has 8 heteroatoms. The van der Waals surface area contributed by atoms with E-state index in [0.29, 0.717) is 22.2 Å². The molecule has 0 spiro atoms. The van der Waals surface area contributed by atoms with Crippen molar-refractivity contribution in [1.29, 1.82) is 0 Å². The Morgan fingerprint density at radius 2 is 1.69 bits per heavy atom. The third-order valence-electron chi connectivity index (χ3n) is 4.68. The summed E-state index contributed by atoms with van der Waals surface area (Å²) in [7, 11) is 0. The van der Waals surface area contributed by atoms with Crippen LogP contribution in [0.3, 0.4) is 0 Å². The van der Waals surface area contributed by atoms with Crippen molar-refractivity contribution in [3.63, 3.8) is 0 Å². The summed E-state index contributed by atoms with van der Waals surface area (Å²) in [6.07, 6.45) is 0.454. The number of hydrogen-bond acceptors (Lipinski definition) is 3. The predicted octanol–water partition coefficient (Wildman–Crippen LogP) is 6.09. The number of nitrogens with one attached hydrogen (secondary N) is 1. The number of benzene rings is 2. The molecule has 0 heterocycles. The maximum absolute atomic E-state index is 13.3. The fraction of sp³-hybridized carbons (Fsp3) is 0.417. The molecule has 174 valence electrons. The van der Waals surface area contributed by atoms with Gasteiger partial charge in [0.2, 0.25) is 11.8 Å². The summed E-state index contributed by atoms with van der Waals surface area (Å²) in [5.74, 6) is -0.119. The molecular weight excluding hydrogens is 470 g/mol. The van der Waals surface area contributed by atoms with Gasteiger partial charge in [0.1, 0.15) is 11.9 Å². The SMILES string of the molecule is CCC(C(=O)NC(C)(C)C)N(Cc1ccc(F)cc1)C(=O)CSCc1c(Cl)cccc1Cl. The number of thioether (sulfide) groups is 1. The topological polar surface area (TPSA) is 49.4 Å². The molecule has 0 aliphatic heterocycles. The first-order valence-electron chi connectivity index (χ1n) is 10.4. The fourth-order valence-corrected chi connectivity index (χ4v) is 4.80. The lowest BCUT2D eigenvalue weighted by Gasteiger charge is -2.33. The number of carbonyl (C=O) groups excluding carboxylic acids is 2. The molecule has 0 aliphatic rings. The van der Waals surface area contributed by atoms with Crippen LogP contribution in [0.1, 0.15) is 45.2 Å². The standard InChI is InChI=1S/C24H29Cl2FN2O2S/c1-5-21(23(31)28-24(2,3)4)29(13-16-9-11-17(27)12-10-16)22(30)15-32-14-18-19(25)7-6-8-20(18)26/h6-12,21H,5,13-15H2,1-4H3,(H,28,31). The molecule has 2 aromatic carbocycles. The molecule has 4 nitrogen and oxygen atoms in total. The minimum absolute atomic E-state index is 0.155. The van der Waals surface area contributed by atoms with E-state index in [-0.39, 0.29) is 29.9 Å². The largest absolute Gasteiger partial charge is 0.350 e. The summed E-state index contributed by atoms with van der Waals surface area (Å²) in [6, 6.07) is 10.6. The second-order valence-corrected chi connectivity index (χ2v) is 10.3. The zero-order valence-corrected chi connectivity index (χ0v) is 21.1. The first-order valence-corrected chi connectivity index (χ1v) is 12.3. The van der Waals surface area contributed by atoms with Gasteiger partial charge in [0.25, 0.3) is 0 Å². The molecule has 0 aromatic heterocycles. The molecule has 32 heavy (non-hydrogen) atoms. The fourth-order valence-electron chi connectivity index (χ4n) is 3.15. The van der Waals surface area contributed by atoms with Crippen molar-refractivity contribution in [2.24, 2.45) is 0 Å². The molecule has 1 atom stereocenters. The van der Waals surface area contributed by atoms with Gasteiger partial charge in [-0.05, 0) is 62.6 Å². The molecule has 1 unspecified atom stereocenters. The number of hydrogen-bond donors (Lipinski definition) is 1. The number of amides is 2. The highest BCUT2D eigenvalue weighted by molar-refractivity contribution is 7.99. The van der Waals surface area contributed by atoms with Crippen LogP contribution in [-0.2, 0) is 21.9 Å². The second-order valence-electron chi connectivity index (χ2n) is 8.50. The van der Waals surface area contributed by atoms with Crippen molar-refractivity contribution in [1.82, 2.24) is 10.2 Å².